The Morgan fingerprint density at radius 2 is 2.00 bits per heavy atom. The van der Waals surface area contributed by atoms with E-state index in [4.69, 9.17) is 4.42 Å². The van der Waals surface area contributed by atoms with Crippen LogP contribution in [0.25, 0.3) is 0 Å². The molecule has 20 heavy (non-hydrogen) atoms. The van der Waals surface area contributed by atoms with Crippen LogP contribution in [-0.4, -0.2) is 12.1 Å². The van der Waals surface area contributed by atoms with Gasteiger partial charge in [0.25, 0.3) is 0 Å². The fraction of sp³-hybridized carbons (Fsp3) is 0.312. The SMILES string of the molecule is CC(CCc1ccco1)NC(=O)NCc1ccccc1. The molecule has 2 N–H and O–H groups in total. The zero-order valence-electron chi connectivity index (χ0n) is 11.6. The summed E-state index contributed by atoms with van der Waals surface area (Å²) in [7, 11) is 0. The zero-order valence-corrected chi connectivity index (χ0v) is 11.6. The number of urea groups is 1. The topological polar surface area (TPSA) is 54.3 Å². The van der Waals surface area contributed by atoms with Gasteiger partial charge in [-0.1, -0.05) is 30.3 Å². The van der Waals surface area contributed by atoms with Gasteiger partial charge in [0.1, 0.15) is 5.76 Å². The number of benzene rings is 1. The van der Waals surface area contributed by atoms with Crippen molar-refractivity contribution in [3.05, 3.63) is 60.1 Å². The maximum Gasteiger partial charge on any atom is 0.315 e. The third-order valence-corrected chi connectivity index (χ3v) is 3.08. The van der Waals surface area contributed by atoms with E-state index in [0.29, 0.717) is 6.54 Å². The molecule has 0 saturated carbocycles. The fourth-order valence-corrected chi connectivity index (χ4v) is 1.94. The van der Waals surface area contributed by atoms with Gasteiger partial charge in [0, 0.05) is 19.0 Å². The number of nitrogens with one attached hydrogen (secondary N) is 2. The molecule has 0 aliphatic heterocycles. The highest BCUT2D eigenvalue weighted by atomic mass is 16.3. The minimum absolute atomic E-state index is 0.107. The molecule has 0 spiro atoms. The number of furan rings is 1. The molecular formula is C16H20N2O2. The second-order valence-corrected chi connectivity index (χ2v) is 4.83. The highest BCUT2D eigenvalue weighted by molar-refractivity contribution is 5.74. The number of carbonyl (C=O) groups is 1. The van der Waals surface area contributed by atoms with E-state index in [1.54, 1.807) is 6.26 Å². The molecule has 0 radical (unpaired) electrons. The first-order valence-corrected chi connectivity index (χ1v) is 6.84. The molecule has 1 aromatic carbocycles. The van der Waals surface area contributed by atoms with Gasteiger partial charge in [-0.25, -0.2) is 4.79 Å². The van der Waals surface area contributed by atoms with Crippen molar-refractivity contribution >= 4 is 6.03 Å². The molecule has 0 saturated heterocycles. The van der Waals surface area contributed by atoms with Gasteiger partial charge >= 0.3 is 6.03 Å². The number of hydrogen-bond acceptors (Lipinski definition) is 2. The molecule has 1 unspecified atom stereocenters. The van der Waals surface area contributed by atoms with E-state index in [9.17, 15) is 4.79 Å². The largest absolute Gasteiger partial charge is 0.469 e. The van der Waals surface area contributed by atoms with Gasteiger partial charge in [0.2, 0.25) is 0 Å². The number of amides is 2. The lowest BCUT2D eigenvalue weighted by atomic mass is 10.1. The Hall–Kier alpha value is -2.23. The zero-order chi connectivity index (χ0) is 14.2. The smallest absolute Gasteiger partial charge is 0.315 e. The van der Waals surface area contributed by atoms with Crippen molar-refractivity contribution in [1.82, 2.24) is 10.6 Å². The quantitative estimate of drug-likeness (QED) is 0.849. The molecule has 0 bridgehead atoms. The number of aryl methyl sites for hydroxylation is 1. The number of carbonyl (C=O) groups excluding carboxylic acids is 1. The molecule has 4 nitrogen and oxygen atoms in total. The van der Waals surface area contributed by atoms with Gasteiger partial charge in [-0.15, -0.1) is 0 Å². The lowest BCUT2D eigenvalue weighted by Crippen LogP contribution is -2.40. The lowest BCUT2D eigenvalue weighted by molar-refractivity contribution is 0.236. The second kappa shape index (κ2) is 7.38. The van der Waals surface area contributed by atoms with Gasteiger partial charge in [-0.3, -0.25) is 0 Å². The van der Waals surface area contributed by atoms with Crippen LogP contribution in [0.4, 0.5) is 4.79 Å². The van der Waals surface area contributed by atoms with Crippen molar-refractivity contribution < 1.29 is 9.21 Å². The third kappa shape index (κ3) is 4.80. The van der Waals surface area contributed by atoms with Crippen molar-refractivity contribution in [1.29, 1.82) is 0 Å². The normalized spacial score (nSPS) is 11.8. The standard InChI is InChI=1S/C16H20N2O2/c1-13(9-10-15-8-5-11-20-15)18-16(19)17-12-14-6-3-2-4-7-14/h2-8,11,13H,9-10,12H2,1H3,(H2,17,18,19). The molecule has 2 aromatic rings. The first-order chi connectivity index (χ1) is 9.74. The van der Waals surface area contributed by atoms with Crippen molar-refractivity contribution in [2.24, 2.45) is 0 Å². The fourth-order valence-electron chi connectivity index (χ4n) is 1.94. The van der Waals surface area contributed by atoms with E-state index >= 15 is 0 Å². The first-order valence-electron chi connectivity index (χ1n) is 6.84. The Bertz CT molecular complexity index is 509. The molecule has 2 rings (SSSR count). The van der Waals surface area contributed by atoms with Crippen molar-refractivity contribution in [3.8, 4) is 0 Å². The number of hydrogen-bond donors (Lipinski definition) is 2. The molecule has 1 atom stereocenters. The Morgan fingerprint density at radius 3 is 2.70 bits per heavy atom. The average Bonchev–Trinajstić information content (AvgIpc) is 2.97. The van der Waals surface area contributed by atoms with Crippen LogP contribution in [0.1, 0.15) is 24.7 Å². The maximum atomic E-state index is 11.7. The molecule has 4 heteroatoms. The second-order valence-electron chi connectivity index (χ2n) is 4.83. The van der Waals surface area contributed by atoms with Crippen molar-refractivity contribution in [3.63, 3.8) is 0 Å². The lowest BCUT2D eigenvalue weighted by Gasteiger charge is -2.14. The van der Waals surface area contributed by atoms with E-state index in [0.717, 1.165) is 24.2 Å². The van der Waals surface area contributed by atoms with E-state index in [1.165, 1.54) is 0 Å². The highest BCUT2D eigenvalue weighted by Crippen LogP contribution is 2.05. The van der Waals surface area contributed by atoms with Crippen LogP contribution in [0.2, 0.25) is 0 Å². The Morgan fingerprint density at radius 1 is 1.20 bits per heavy atom. The Kier molecular flexibility index (Phi) is 5.24. The first kappa shape index (κ1) is 14.2. The third-order valence-electron chi connectivity index (χ3n) is 3.08. The molecule has 2 amide bonds. The molecule has 1 aromatic heterocycles. The van der Waals surface area contributed by atoms with Gasteiger partial charge in [-0.2, -0.15) is 0 Å². The minimum Gasteiger partial charge on any atom is -0.469 e. The molecule has 0 fully saturated rings. The molecule has 1 heterocycles. The predicted molar refractivity (Wildman–Crippen MR) is 78.3 cm³/mol. The van der Waals surface area contributed by atoms with Crippen LogP contribution in [0.5, 0.6) is 0 Å². The summed E-state index contributed by atoms with van der Waals surface area (Å²) in [6, 6.07) is 13.6. The van der Waals surface area contributed by atoms with E-state index < -0.39 is 0 Å². The molecule has 106 valence electrons. The summed E-state index contributed by atoms with van der Waals surface area (Å²) in [5.74, 6) is 0.948. The van der Waals surface area contributed by atoms with E-state index in [1.807, 2.05) is 49.4 Å². The van der Waals surface area contributed by atoms with Crippen LogP contribution in [0, 0.1) is 0 Å². The minimum atomic E-state index is -0.138. The highest BCUT2D eigenvalue weighted by Gasteiger charge is 2.07. The monoisotopic (exact) mass is 272 g/mol. The maximum absolute atomic E-state index is 11.7. The summed E-state index contributed by atoms with van der Waals surface area (Å²) in [6.07, 6.45) is 3.35. The summed E-state index contributed by atoms with van der Waals surface area (Å²) < 4.78 is 5.27. The van der Waals surface area contributed by atoms with Crippen molar-refractivity contribution in [2.45, 2.75) is 32.4 Å². The van der Waals surface area contributed by atoms with Gasteiger partial charge < -0.3 is 15.1 Å². The van der Waals surface area contributed by atoms with Crippen LogP contribution in [0.15, 0.2) is 53.1 Å². The molecule has 0 aliphatic rings. The predicted octanol–water partition coefficient (Wildman–Crippen LogP) is 3.10. The Balaban J connectivity index is 1.66. The van der Waals surface area contributed by atoms with Crippen LogP contribution in [0.3, 0.4) is 0 Å². The van der Waals surface area contributed by atoms with Crippen LogP contribution >= 0.6 is 0 Å². The van der Waals surface area contributed by atoms with Crippen molar-refractivity contribution in [2.75, 3.05) is 0 Å². The Labute approximate surface area is 119 Å². The summed E-state index contributed by atoms with van der Waals surface area (Å²) in [5, 5.41) is 5.77. The molecule has 0 aliphatic carbocycles. The number of rotatable bonds is 6. The van der Waals surface area contributed by atoms with Gasteiger partial charge in [0.15, 0.2) is 0 Å². The van der Waals surface area contributed by atoms with Gasteiger partial charge in [-0.05, 0) is 31.0 Å². The van der Waals surface area contributed by atoms with E-state index in [2.05, 4.69) is 10.6 Å². The summed E-state index contributed by atoms with van der Waals surface area (Å²) in [5.41, 5.74) is 1.09. The molecular weight excluding hydrogens is 252 g/mol. The van der Waals surface area contributed by atoms with Gasteiger partial charge in [0.05, 0.1) is 6.26 Å². The average molecular weight is 272 g/mol. The summed E-state index contributed by atoms with van der Waals surface area (Å²) >= 11 is 0. The van der Waals surface area contributed by atoms with Crippen LogP contribution < -0.4 is 10.6 Å². The van der Waals surface area contributed by atoms with Crippen LogP contribution in [-0.2, 0) is 13.0 Å². The summed E-state index contributed by atoms with van der Waals surface area (Å²) in [6.45, 7) is 2.53. The van der Waals surface area contributed by atoms with E-state index in [-0.39, 0.29) is 12.1 Å². The summed E-state index contributed by atoms with van der Waals surface area (Å²) in [4.78, 5) is 11.7.